The van der Waals surface area contributed by atoms with Crippen LogP contribution in [0.25, 0.3) is 33.2 Å². The van der Waals surface area contributed by atoms with Crippen LogP contribution in [0.3, 0.4) is 0 Å². The maximum Gasteiger partial charge on any atom is 0.135 e. The molecule has 0 aliphatic carbocycles. The molecule has 0 amide bonds. The van der Waals surface area contributed by atoms with Crippen LogP contribution in [0.4, 0.5) is 4.39 Å². The van der Waals surface area contributed by atoms with E-state index in [1.807, 2.05) is 36.5 Å². The highest BCUT2D eigenvalue weighted by atomic mass is 19.1. The van der Waals surface area contributed by atoms with Gasteiger partial charge in [-0.3, -0.25) is 4.98 Å². The van der Waals surface area contributed by atoms with Gasteiger partial charge in [-0.25, -0.2) is 4.39 Å². The molecule has 0 N–H and O–H groups in total. The number of hydrogen-bond acceptors (Lipinski definition) is 2. The van der Waals surface area contributed by atoms with Gasteiger partial charge >= 0.3 is 0 Å². The van der Waals surface area contributed by atoms with Gasteiger partial charge in [-0.05, 0) is 66.1 Å². The number of benzene rings is 3. The normalized spacial score (nSPS) is 11.3. The van der Waals surface area contributed by atoms with E-state index in [4.69, 9.17) is 4.42 Å². The largest absolute Gasteiger partial charge is 0.456 e. The van der Waals surface area contributed by atoms with Crippen molar-refractivity contribution in [1.29, 1.82) is 0 Å². The lowest BCUT2D eigenvalue weighted by Crippen LogP contribution is -1.91. The molecular weight excluding hydrogens is 337 g/mol. The zero-order chi connectivity index (χ0) is 18.2. The number of furan rings is 1. The van der Waals surface area contributed by atoms with E-state index in [0.717, 1.165) is 34.0 Å². The van der Waals surface area contributed by atoms with Gasteiger partial charge in [-0.15, -0.1) is 0 Å². The van der Waals surface area contributed by atoms with Crippen molar-refractivity contribution in [2.45, 2.75) is 6.42 Å². The first-order chi connectivity index (χ1) is 13.3. The van der Waals surface area contributed by atoms with Gasteiger partial charge < -0.3 is 4.42 Å². The van der Waals surface area contributed by atoms with E-state index in [-0.39, 0.29) is 5.82 Å². The summed E-state index contributed by atoms with van der Waals surface area (Å²) in [6.07, 6.45) is 2.70. The molecule has 2 nitrogen and oxygen atoms in total. The molecule has 130 valence electrons. The summed E-state index contributed by atoms with van der Waals surface area (Å²) >= 11 is 0. The topological polar surface area (TPSA) is 26.0 Å². The number of hydrogen-bond donors (Lipinski definition) is 0. The Balaban J connectivity index is 1.58. The average molecular weight is 353 g/mol. The second-order valence-corrected chi connectivity index (χ2v) is 6.67. The first-order valence-corrected chi connectivity index (χ1v) is 8.87. The number of fused-ring (bicyclic) bond motifs is 3. The molecule has 0 fully saturated rings. The summed E-state index contributed by atoms with van der Waals surface area (Å²) in [5.41, 5.74) is 5.80. The van der Waals surface area contributed by atoms with Crippen LogP contribution in [-0.2, 0) is 6.42 Å². The standard InChI is InChI=1S/C24H16FNO/c25-19-7-9-24-21(15-19)20-14-18(6-8-23(20)27-24)22-13-17(10-11-26-22)12-16-4-2-1-3-5-16/h1-11,13-15H,12H2. The minimum atomic E-state index is -0.265. The van der Waals surface area contributed by atoms with Crippen LogP contribution in [-0.4, -0.2) is 4.98 Å². The lowest BCUT2D eigenvalue weighted by molar-refractivity contribution is 0.626. The lowest BCUT2D eigenvalue weighted by atomic mass is 10.0. The molecule has 0 saturated heterocycles. The second-order valence-electron chi connectivity index (χ2n) is 6.67. The van der Waals surface area contributed by atoms with Crippen molar-refractivity contribution in [3.8, 4) is 11.3 Å². The zero-order valence-electron chi connectivity index (χ0n) is 14.5. The predicted molar refractivity (Wildman–Crippen MR) is 106 cm³/mol. The van der Waals surface area contributed by atoms with Crippen molar-refractivity contribution in [3.05, 3.63) is 102 Å². The number of nitrogens with zero attached hydrogens (tertiary/aromatic N) is 1. The van der Waals surface area contributed by atoms with E-state index >= 15 is 0 Å². The quantitative estimate of drug-likeness (QED) is 0.376. The van der Waals surface area contributed by atoms with Crippen LogP contribution >= 0.6 is 0 Å². The molecule has 27 heavy (non-hydrogen) atoms. The van der Waals surface area contributed by atoms with Gasteiger partial charge in [0.1, 0.15) is 17.0 Å². The molecule has 5 aromatic rings. The summed E-state index contributed by atoms with van der Waals surface area (Å²) in [6.45, 7) is 0. The molecule has 3 heteroatoms. The molecule has 0 aliphatic heterocycles. The van der Waals surface area contributed by atoms with Crippen LogP contribution in [0.2, 0.25) is 0 Å². The molecule has 0 unspecified atom stereocenters. The van der Waals surface area contributed by atoms with Crippen molar-refractivity contribution < 1.29 is 8.81 Å². The van der Waals surface area contributed by atoms with Crippen molar-refractivity contribution >= 4 is 21.9 Å². The third kappa shape index (κ3) is 2.97. The van der Waals surface area contributed by atoms with Gasteiger partial charge in [-0.1, -0.05) is 30.3 Å². The highest BCUT2D eigenvalue weighted by Crippen LogP contribution is 2.32. The molecule has 3 aromatic carbocycles. The predicted octanol–water partition coefficient (Wildman–Crippen LogP) is 6.38. The van der Waals surface area contributed by atoms with Gasteiger partial charge in [0.25, 0.3) is 0 Å². The summed E-state index contributed by atoms with van der Waals surface area (Å²) in [4.78, 5) is 4.54. The number of pyridine rings is 1. The van der Waals surface area contributed by atoms with Gasteiger partial charge in [0.15, 0.2) is 0 Å². The molecule has 2 heterocycles. The highest BCUT2D eigenvalue weighted by molar-refractivity contribution is 6.06. The van der Waals surface area contributed by atoms with E-state index in [0.29, 0.717) is 5.58 Å². The third-order valence-corrected chi connectivity index (χ3v) is 4.80. The van der Waals surface area contributed by atoms with E-state index in [1.54, 1.807) is 6.07 Å². The summed E-state index contributed by atoms with van der Waals surface area (Å²) in [7, 11) is 0. The summed E-state index contributed by atoms with van der Waals surface area (Å²) in [6, 6.07) is 25.1. The van der Waals surface area contributed by atoms with Gasteiger partial charge in [0, 0.05) is 22.5 Å². The fourth-order valence-corrected chi connectivity index (χ4v) is 3.48. The summed E-state index contributed by atoms with van der Waals surface area (Å²) in [5, 5.41) is 1.68. The van der Waals surface area contributed by atoms with Crippen LogP contribution in [0.5, 0.6) is 0 Å². The number of aromatic nitrogens is 1. The summed E-state index contributed by atoms with van der Waals surface area (Å²) < 4.78 is 19.5. The average Bonchev–Trinajstić information content (AvgIpc) is 3.06. The van der Waals surface area contributed by atoms with E-state index in [1.165, 1.54) is 23.3 Å². The minimum Gasteiger partial charge on any atom is -0.456 e. The fourth-order valence-electron chi connectivity index (χ4n) is 3.48. The number of rotatable bonds is 3. The van der Waals surface area contributed by atoms with Gasteiger partial charge in [0.2, 0.25) is 0 Å². The molecule has 5 rings (SSSR count). The Morgan fingerprint density at radius 1 is 0.741 bits per heavy atom. The van der Waals surface area contributed by atoms with Crippen LogP contribution < -0.4 is 0 Å². The SMILES string of the molecule is Fc1ccc2oc3ccc(-c4cc(Cc5ccccc5)ccn4)cc3c2c1. The third-order valence-electron chi connectivity index (χ3n) is 4.80. The molecule has 0 aliphatic rings. The Hall–Kier alpha value is -3.46. The molecule has 0 atom stereocenters. The Morgan fingerprint density at radius 2 is 1.52 bits per heavy atom. The van der Waals surface area contributed by atoms with E-state index < -0.39 is 0 Å². The molecule has 0 bridgehead atoms. The smallest absolute Gasteiger partial charge is 0.135 e. The monoisotopic (exact) mass is 353 g/mol. The molecule has 2 aromatic heterocycles. The molecular formula is C24H16FNO. The zero-order valence-corrected chi connectivity index (χ0v) is 14.5. The maximum atomic E-state index is 13.7. The van der Waals surface area contributed by atoms with E-state index in [9.17, 15) is 4.39 Å². The van der Waals surface area contributed by atoms with E-state index in [2.05, 4.69) is 35.3 Å². The van der Waals surface area contributed by atoms with Crippen LogP contribution in [0.1, 0.15) is 11.1 Å². The fraction of sp³-hybridized carbons (Fsp3) is 0.0417. The first-order valence-electron chi connectivity index (χ1n) is 8.87. The minimum absolute atomic E-state index is 0.265. The first kappa shape index (κ1) is 15.8. The van der Waals surface area contributed by atoms with Crippen molar-refractivity contribution in [3.63, 3.8) is 0 Å². The molecule has 0 spiro atoms. The van der Waals surface area contributed by atoms with Crippen LogP contribution in [0.15, 0.2) is 89.5 Å². The van der Waals surface area contributed by atoms with Gasteiger partial charge in [0.05, 0.1) is 5.69 Å². The summed E-state index contributed by atoms with van der Waals surface area (Å²) in [5.74, 6) is -0.265. The Labute approximate surface area is 155 Å². The Kier molecular flexibility index (Phi) is 3.72. The highest BCUT2D eigenvalue weighted by Gasteiger charge is 2.10. The molecule has 0 saturated carbocycles. The second kappa shape index (κ2) is 6.36. The van der Waals surface area contributed by atoms with Crippen LogP contribution in [0, 0.1) is 5.82 Å². The van der Waals surface area contributed by atoms with Crippen molar-refractivity contribution in [2.75, 3.05) is 0 Å². The van der Waals surface area contributed by atoms with Crippen molar-refractivity contribution in [2.24, 2.45) is 0 Å². The van der Waals surface area contributed by atoms with Gasteiger partial charge in [-0.2, -0.15) is 0 Å². The number of halogens is 1. The maximum absolute atomic E-state index is 13.7. The Morgan fingerprint density at radius 3 is 2.37 bits per heavy atom. The Bertz CT molecular complexity index is 1260. The molecule has 0 radical (unpaired) electrons. The lowest BCUT2D eigenvalue weighted by Gasteiger charge is -2.05. The van der Waals surface area contributed by atoms with Crippen molar-refractivity contribution in [1.82, 2.24) is 4.98 Å².